The van der Waals surface area contributed by atoms with Crippen molar-refractivity contribution in [3.05, 3.63) is 71.4 Å². The fraction of sp³-hybridized carbons (Fsp3) is 0.296. The Bertz CT molecular complexity index is 1590. The summed E-state index contributed by atoms with van der Waals surface area (Å²) < 4.78 is 3.39. The molecule has 38 heavy (non-hydrogen) atoms. The average molecular weight is 514 g/mol. The summed E-state index contributed by atoms with van der Waals surface area (Å²) in [6.07, 6.45) is 6.65. The van der Waals surface area contributed by atoms with Crippen LogP contribution in [-0.4, -0.2) is 68.9 Å². The number of nitrogens with one attached hydrogen (secondary N) is 1. The van der Waals surface area contributed by atoms with Crippen LogP contribution in [0.4, 0.5) is 28.7 Å². The molecule has 4 heterocycles. The van der Waals surface area contributed by atoms with Gasteiger partial charge < -0.3 is 20.0 Å². The molecule has 0 radical (unpaired) electrons. The molecular formula is C27H31N9O2. The van der Waals surface area contributed by atoms with E-state index in [1.807, 2.05) is 61.1 Å². The van der Waals surface area contributed by atoms with E-state index >= 15 is 0 Å². The van der Waals surface area contributed by atoms with Gasteiger partial charge in [-0.05, 0) is 44.8 Å². The van der Waals surface area contributed by atoms with E-state index < -0.39 is 0 Å². The summed E-state index contributed by atoms with van der Waals surface area (Å²) in [7, 11) is 5.74. The molecule has 0 atom stereocenters. The molecule has 1 N–H and O–H groups in total. The lowest BCUT2D eigenvalue weighted by atomic mass is 10.1. The number of amides is 1. The maximum Gasteiger partial charge on any atom is 0.275 e. The van der Waals surface area contributed by atoms with Crippen molar-refractivity contribution in [2.45, 2.75) is 13.5 Å². The molecule has 3 aromatic heterocycles. The summed E-state index contributed by atoms with van der Waals surface area (Å²) in [5, 5.41) is 8.28. The molecule has 11 heteroatoms. The van der Waals surface area contributed by atoms with E-state index in [-0.39, 0.29) is 11.5 Å². The lowest BCUT2D eigenvalue weighted by Crippen LogP contribution is -2.43. The summed E-state index contributed by atoms with van der Waals surface area (Å²) in [6, 6.07) is 7.63. The Labute approximate surface area is 220 Å². The second-order valence-corrected chi connectivity index (χ2v) is 9.57. The number of aromatic nitrogens is 5. The maximum atomic E-state index is 13.6. The lowest BCUT2D eigenvalue weighted by molar-refractivity contribution is -0.114. The molecule has 11 nitrogen and oxygen atoms in total. The van der Waals surface area contributed by atoms with Gasteiger partial charge in [-0.3, -0.25) is 18.8 Å². The number of carbonyl (C=O) groups excluding carboxylic acids is 1. The number of para-hydroxylation sites is 1. The molecule has 1 aliphatic heterocycles. The van der Waals surface area contributed by atoms with Gasteiger partial charge in [-0.25, -0.2) is 4.98 Å². The van der Waals surface area contributed by atoms with Gasteiger partial charge in [0.25, 0.3) is 11.5 Å². The van der Waals surface area contributed by atoms with Crippen molar-refractivity contribution in [1.82, 2.24) is 29.2 Å². The molecule has 1 aromatic carbocycles. The standard InChI is InChI=1S/C27H31N9O2/c1-6-23(37)36-13-12-35(21-9-7-8-18(2)24(21)36)22-14-19-15-28-27(31-25(19)33(5)26(22)38)30-20-16-29-34(17-20)11-10-32(3)4/h6-9,14-17H,1,10-13H2,2-5H3,(H,28,30,31). The fourth-order valence-electron chi connectivity index (χ4n) is 4.69. The van der Waals surface area contributed by atoms with E-state index in [0.29, 0.717) is 30.4 Å². The smallest absolute Gasteiger partial charge is 0.275 e. The van der Waals surface area contributed by atoms with Crippen LogP contribution in [0, 0.1) is 6.92 Å². The fourth-order valence-corrected chi connectivity index (χ4v) is 4.69. The SMILES string of the molecule is C=CC(=O)N1CCN(c2cc3cnc(Nc4cnn(CCN(C)C)c4)nc3n(C)c2=O)c2cccc(C)c21. The highest BCUT2D eigenvalue weighted by Crippen LogP contribution is 2.39. The van der Waals surface area contributed by atoms with Crippen LogP contribution in [0.5, 0.6) is 0 Å². The van der Waals surface area contributed by atoms with Gasteiger partial charge in [-0.1, -0.05) is 18.7 Å². The molecule has 1 amide bonds. The van der Waals surface area contributed by atoms with Crippen LogP contribution in [0.15, 0.2) is 60.3 Å². The van der Waals surface area contributed by atoms with Crippen LogP contribution in [-0.2, 0) is 18.4 Å². The van der Waals surface area contributed by atoms with Crippen molar-refractivity contribution < 1.29 is 4.79 Å². The molecule has 0 aliphatic carbocycles. The van der Waals surface area contributed by atoms with Gasteiger partial charge in [0, 0.05) is 44.5 Å². The Morgan fingerprint density at radius 1 is 1.21 bits per heavy atom. The van der Waals surface area contributed by atoms with Gasteiger partial charge in [-0.2, -0.15) is 10.1 Å². The molecule has 196 valence electrons. The van der Waals surface area contributed by atoms with Crippen LogP contribution in [0.3, 0.4) is 0 Å². The molecule has 0 bridgehead atoms. The Balaban J connectivity index is 1.48. The predicted octanol–water partition coefficient (Wildman–Crippen LogP) is 2.81. The Kier molecular flexibility index (Phi) is 6.68. The van der Waals surface area contributed by atoms with Gasteiger partial charge >= 0.3 is 0 Å². The van der Waals surface area contributed by atoms with Crippen LogP contribution in [0.2, 0.25) is 0 Å². The minimum atomic E-state index is -0.186. The number of hydrogen-bond donors (Lipinski definition) is 1. The van der Waals surface area contributed by atoms with E-state index in [2.05, 4.69) is 31.9 Å². The topological polar surface area (TPSA) is 104 Å². The van der Waals surface area contributed by atoms with Crippen LogP contribution < -0.4 is 20.7 Å². The Hall–Kier alpha value is -4.51. The van der Waals surface area contributed by atoms with Gasteiger partial charge in [0.05, 0.1) is 29.8 Å². The Morgan fingerprint density at radius 2 is 2.03 bits per heavy atom. The third kappa shape index (κ3) is 4.63. The van der Waals surface area contributed by atoms with Crippen molar-refractivity contribution in [3.8, 4) is 0 Å². The second-order valence-electron chi connectivity index (χ2n) is 9.57. The van der Waals surface area contributed by atoms with Crippen molar-refractivity contribution in [1.29, 1.82) is 0 Å². The summed E-state index contributed by atoms with van der Waals surface area (Å²) in [5.41, 5.74) is 4.13. The number of rotatable bonds is 7. The quantitative estimate of drug-likeness (QED) is 0.376. The zero-order chi connectivity index (χ0) is 27.0. The third-order valence-electron chi connectivity index (χ3n) is 6.65. The minimum absolute atomic E-state index is 0.164. The molecular weight excluding hydrogens is 482 g/mol. The number of hydrogen-bond acceptors (Lipinski definition) is 8. The number of fused-ring (bicyclic) bond motifs is 2. The number of anilines is 5. The molecule has 0 saturated heterocycles. The summed E-state index contributed by atoms with van der Waals surface area (Å²) in [5.74, 6) is 0.216. The summed E-state index contributed by atoms with van der Waals surface area (Å²) in [6.45, 7) is 8.14. The highest BCUT2D eigenvalue weighted by atomic mass is 16.2. The molecule has 0 spiro atoms. The first-order valence-electron chi connectivity index (χ1n) is 12.4. The number of nitrogens with zero attached hydrogens (tertiary/aromatic N) is 8. The highest BCUT2D eigenvalue weighted by molar-refractivity contribution is 6.05. The summed E-state index contributed by atoms with van der Waals surface area (Å²) in [4.78, 5) is 41.0. The first-order chi connectivity index (χ1) is 18.3. The van der Waals surface area contributed by atoms with E-state index in [0.717, 1.165) is 41.1 Å². The van der Waals surface area contributed by atoms with Crippen LogP contribution >= 0.6 is 0 Å². The van der Waals surface area contributed by atoms with Crippen LogP contribution in [0.25, 0.3) is 11.0 Å². The van der Waals surface area contributed by atoms with Gasteiger partial charge in [0.1, 0.15) is 11.3 Å². The van der Waals surface area contributed by atoms with Crippen molar-refractivity contribution >= 4 is 45.6 Å². The number of pyridine rings is 1. The molecule has 0 saturated carbocycles. The normalized spacial score (nSPS) is 13.2. The Morgan fingerprint density at radius 3 is 2.79 bits per heavy atom. The minimum Gasteiger partial charge on any atom is -0.333 e. The second kappa shape index (κ2) is 10.1. The average Bonchev–Trinajstić information content (AvgIpc) is 3.36. The van der Waals surface area contributed by atoms with Gasteiger partial charge in [0.15, 0.2) is 0 Å². The first-order valence-corrected chi connectivity index (χ1v) is 12.4. The van der Waals surface area contributed by atoms with E-state index in [4.69, 9.17) is 0 Å². The number of benzene rings is 1. The van der Waals surface area contributed by atoms with Crippen molar-refractivity contribution in [3.63, 3.8) is 0 Å². The molecule has 0 fully saturated rings. The molecule has 4 aromatic rings. The van der Waals surface area contributed by atoms with Crippen molar-refractivity contribution in [2.75, 3.05) is 48.8 Å². The van der Waals surface area contributed by atoms with Gasteiger partial charge in [0.2, 0.25) is 5.95 Å². The first kappa shape index (κ1) is 25.2. The maximum absolute atomic E-state index is 13.6. The largest absolute Gasteiger partial charge is 0.333 e. The number of likely N-dealkylation sites (N-methyl/N-ethyl adjacent to an activating group) is 1. The van der Waals surface area contributed by atoms with Gasteiger partial charge in [-0.15, -0.1) is 0 Å². The zero-order valence-electron chi connectivity index (χ0n) is 22.0. The lowest BCUT2D eigenvalue weighted by Gasteiger charge is -2.38. The third-order valence-corrected chi connectivity index (χ3v) is 6.65. The zero-order valence-corrected chi connectivity index (χ0v) is 22.0. The van der Waals surface area contributed by atoms with Crippen molar-refractivity contribution in [2.24, 2.45) is 7.05 Å². The number of aryl methyl sites for hydroxylation is 2. The molecule has 5 rings (SSSR count). The highest BCUT2D eigenvalue weighted by Gasteiger charge is 2.29. The predicted molar refractivity (Wildman–Crippen MR) is 150 cm³/mol. The molecule has 1 aliphatic rings. The monoisotopic (exact) mass is 513 g/mol. The number of carbonyl (C=O) groups is 1. The van der Waals surface area contributed by atoms with Crippen LogP contribution in [0.1, 0.15) is 5.56 Å². The summed E-state index contributed by atoms with van der Waals surface area (Å²) >= 11 is 0. The van der Waals surface area contributed by atoms with E-state index in [9.17, 15) is 9.59 Å². The molecule has 0 unspecified atom stereocenters. The van der Waals surface area contributed by atoms with E-state index in [1.54, 1.807) is 24.3 Å². The van der Waals surface area contributed by atoms with E-state index in [1.165, 1.54) is 10.6 Å².